The van der Waals surface area contributed by atoms with Gasteiger partial charge in [-0.3, -0.25) is 19.4 Å². The van der Waals surface area contributed by atoms with E-state index in [4.69, 9.17) is 0 Å². The second kappa shape index (κ2) is 9.82. The van der Waals surface area contributed by atoms with Crippen LogP contribution in [0.4, 0.5) is 18.9 Å². The second-order valence-corrected chi connectivity index (χ2v) is 8.63. The Bertz CT molecular complexity index is 1050. The molecular weight excluding hydrogens is 449 g/mol. The van der Waals surface area contributed by atoms with Crippen LogP contribution in [0.15, 0.2) is 48.8 Å². The van der Waals surface area contributed by atoms with Crippen LogP contribution in [0.3, 0.4) is 0 Å². The average molecular weight is 474 g/mol. The van der Waals surface area contributed by atoms with Gasteiger partial charge in [-0.2, -0.15) is 13.2 Å². The van der Waals surface area contributed by atoms with Crippen LogP contribution in [-0.2, 0) is 27.1 Å². The highest BCUT2D eigenvalue weighted by molar-refractivity contribution is 6.00. The van der Waals surface area contributed by atoms with Crippen LogP contribution in [0, 0.1) is 11.8 Å². The Balaban J connectivity index is 1.30. The van der Waals surface area contributed by atoms with Gasteiger partial charge in [-0.05, 0) is 42.7 Å². The zero-order valence-electron chi connectivity index (χ0n) is 18.4. The molecule has 3 heterocycles. The summed E-state index contributed by atoms with van der Waals surface area (Å²) in [6.45, 7) is 1.24. The predicted molar refractivity (Wildman–Crippen MR) is 117 cm³/mol. The van der Waals surface area contributed by atoms with E-state index in [0.717, 1.165) is 17.7 Å². The van der Waals surface area contributed by atoms with Gasteiger partial charge in [0.1, 0.15) is 0 Å². The molecule has 0 aliphatic carbocycles. The summed E-state index contributed by atoms with van der Waals surface area (Å²) in [5.74, 6) is -1.45. The molecule has 0 unspecified atom stereocenters. The quantitative estimate of drug-likeness (QED) is 0.723. The van der Waals surface area contributed by atoms with Crippen LogP contribution in [0.5, 0.6) is 0 Å². The smallest absolute Gasteiger partial charge is 0.352 e. The molecule has 4 rings (SSSR count). The number of amides is 3. The Morgan fingerprint density at radius 3 is 2.53 bits per heavy atom. The zero-order chi connectivity index (χ0) is 24.3. The molecule has 1 aromatic carbocycles. The van der Waals surface area contributed by atoms with Crippen molar-refractivity contribution in [2.24, 2.45) is 11.8 Å². The fraction of sp³-hybridized carbons (Fsp3) is 0.417. The van der Waals surface area contributed by atoms with Gasteiger partial charge in [0.2, 0.25) is 17.7 Å². The van der Waals surface area contributed by atoms with Gasteiger partial charge in [0.25, 0.3) is 0 Å². The minimum Gasteiger partial charge on any atom is -0.352 e. The molecule has 2 aliphatic heterocycles. The number of hydrogen-bond donors (Lipinski definition) is 1. The van der Waals surface area contributed by atoms with Gasteiger partial charge in [-0.15, -0.1) is 0 Å². The lowest BCUT2D eigenvalue weighted by atomic mass is 9.94. The summed E-state index contributed by atoms with van der Waals surface area (Å²) in [6, 6.07) is 8.25. The fourth-order valence-electron chi connectivity index (χ4n) is 4.43. The second-order valence-electron chi connectivity index (χ2n) is 8.63. The first kappa shape index (κ1) is 23.7. The Hall–Kier alpha value is -3.43. The average Bonchev–Trinajstić information content (AvgIpc) is 3.24. The maximum absolute atomic E-state index is 13.0. The van der Waals surface area contributed by atoms with E-state index < -0.39 is 17.7 Å². The third-order valence-corrected chi connectivity index (χ3v) is 6.33. The van der Waals surface area contributed by atoms with Gasteiger partial charge in [-0.25, -0.2) is 0 Å². The third-order valence-electron chi connectivity index (χ3n) is 6.33. The minimum absolute atomic E-state index is 0.0411. The first-order chi connectivity index (χ1) is 16.2. The molecule has 180 valence electrons. The molecular formula is C24H25F3N4O3. The van der Waals surface area contributed by atoms with Crippen molar-refractivity contribution in [1.29, 1.82) is 0 Å². The number of benzene rings is 1. The van der Waals surface area contributed by atoms with E-state index in [9.17, 15) is 27.6 Å². The van der Waals surface area contributed by atoms with Crippen LogP contribution in [0.1, 0.15) is 30.4 Å². The monoisotopic (exact) mass is 474 g/mol. The molecule has 1 N–H and O–H groups in total. The van der Waals surface area contributed by atoms with Crippen molar-refractivity contribution in [1.82, 2.24) is 15.2 Å². The van der Waals surface area contributed by atoms with Crippen LogP contribution in [-0.4, -0.2) is 47.2 Å². The number of carbonyl (C=O) groups is 3. The molecule has 2 saturated heterocycles. The number of piperidine rings is 1. The van der Waals surface area contributed by atoms with Crippen LogP contribution >= 0.6 is 0 Å². The first-order valence-corrected chi connectivity index (χ1v) is 11.2. The molecule has 1 aromatic heterocycles. The molecule has 7 nitrogen and oxygen atoms in total. The number of halogens is 3. The van der Waals surface area contributed by atoms with E-state index in [1.54, 1.807) is 23.4 Å². The number of carbonyl (C=O) groups excluding carboxylic acids is 3. The summed E-state index contributed by atoms with van der Waals surface area (Å²) in [7, 11) is 0. The fourth-order valence-corrected chi connectivity index (χ4v) is 4.43. The van der Waals surface area contributed by atoms with Crippen molar-refractivity contribution in [3.05, 3.63) is 59.9 Å². The number of aromatic nitrogens is 1. The Morgan fingerprint density at radius 1 is 1.09 bits per heavy atom. The number of rotatable bonds is 5. The molecule has 34 heavy (non-hydrogen) atoms. The van der Waals surface area contributed by atoms with Crippen molar-refractivity contribution in [2.45, 2.75) is 32.0 Å². The van der Waals surface area contributed by atoms with Gasteiger partial charge < -0.3 is 15.1 Å². The third kappa shape index (κ3) is 5.37. The normalized spacial score (nSPS) is 19.4. The minimum atomic E-state index is -4.51. The highest BCUT2D eigenvalue weighted by Gasteiger charge is 2.39. The number of nitrogens with zero attached hydrogens (tertiary/aromatic N) is 3. The van der Waals surface area contributed by atoms with E-state index in [0.29, 0.717) is 32.5 Å². The van der Waals surface area contributed by atoms with E-state index in [1.807, 2.05) is 6.07 Å². The lowest BCUT2D eigenvalue weighted by molar-refractivity contribution is -0.139. The van der Waals surface area contributed by atoms with Gasteiger partial charge in [-0.1, -0.05) is 12.1 Å². The number of anilines is 1. The van der Waals surface area contributed by atoms with Crippen molar-refractivity contribution in [3.63, 3.8) is 0 Å². The van der Waals surface area contributed by atoms with Crippen molar-refractivity contribution in [3.8, 4) is 0 Å². The van der Waals surface area contributed by atoms with Crippen molar-refractivity contribution >= 4 is 23.4 Å². The predicted octanol–water partition coefficient (Wildman–Crippen LogP) is 3.01. The summed E-state index contributed by atoms with van der Waals surface area (Å²) < 4.78 is 39.1. The first-order valence-electron chi connectivity index (χ1n) is 11.2. The Kier molecular flexibility index (Phi) is 6.85. The van der Waals surface area contributed by atoms with Crippen molar-refractivity contribution < 1.29 is 27.6 Å². The lowest BCUT2D eigenvalue weighted by Crippen LogP contribution is -2.45. The van der Waals surface area contributed by atoms with Crippen LogP contribution < -0.4 is 10.2 Å². The summed E-state index contributed by atoms with van der Waals surface area (Å²) >= 11 is 0. The van der Waals surface area contributed by atoms with Gasteiger partial charge in [0, 0.05) is 56.6 Å². The molecule has 0 bridgehead atoms. The Morgan fingerprint density at radius 2 is 1.85 bits per heavy atom. The van der Waals surface area contributed by atoms with Crippen molar-refractivity contribution in [2.75, 3.05) is 24.5 Å². The van der Waals surface area contributed by atoms with E-state index in [1.165, 1.54) is 17.0 Å². The molecule has 0 spiro atoms. The number of likely N-dealkylation sites (tertiary alicyclic amines) is 1. The van der Waals surface area contributed by atoms with Gasteiger partial charge >= 0.3 is 6.18 Å². The maximum Gasteiger partial charge on any atom is 0.416 e. The maximum atomic E-state index is 13.0. The topological polar surface area (TPSA) is 82.6 Å². The number of hydrogen-bond acceptors (Lipinski definition) is 4. The van der Waals surface area contributed by atoms with E-state index in [2.05, 4.69) is 10.3 Å². The number of pyridine rings is 1. The van der Waals surface area contributed by atoms with Gasteiger partial charge in [0.15, 0.2) is 0 Å². The molecule has 0 radical (unpaired) electrons. The highest BCUT2D eigenvalue weighted by atomic mass is 19.4. The molecule has 3 amide bonds. The number of alkyl halides is 3. The van der Waals surface area contributed by atoms with E-state index in [-0.39, 0.29) is 42.3 Å². The summed E-state index contributed by atoms with van der Waals surface area (Å²) in [5, 5.41) is 2.90. The largest absolute Gasteiger partial charge is 0.416 e. The molecule has 2 fully saturated rings. The lowest BCUT2D eigenvalue weighted by Gasteiger charge is -2.33. The summed E-state index contributed by atoms with van der Waals surface area (Å²) in [4.78, 5) is 44.9. The van der Waals surface area contributed by atoms with E-state index >= 15 is 0 Å². The molecule has 2 aromatic rings. The molecule has 2 aliphatic rings. The molecule has 0 saturated carbocycles. The SMILES string of the molecule is O=C(NCc1cccnc1)C1CCN(C(=O)[C@@H]2CC(=O)N(c3cccc(C(F)(F)F)c3)C2)CC1. The highest BCUT2D eigenvalue weighted by Crippen LogP contribution is 2.34. The standard InChI is InChI=1S/C24H25F3N4O3/c25-24(26,27)19-4-1-5-20(12-19)31-15-18(11-21(31)32)23(34)30-9-6-17(7-10-30)22(33)29-14-16-3-2-8-28-13-16/h1-5,8,12-13,17-18H,6-7,9-11,14-15H2,(H,29,33)/t18-/m1/s1. The van der Waals surface area contributed by atoms with Crippen LogP contribution in [0.25, 0.3) is 0 Å². The molecule has 10 heteroatoms. The molecule has 1 atom stereocenters. The number of nitrogens with one attached hydrogen (secondary N) is 1. The van der Waals surface area contributed by atoms with Gasteiger partial charge in [0.05, 0.1) is 11.5 Å². The Labute approximate surface area is 194 Å². The van der Waals surface area contributed by atoms with Crippen LogP contribution in [0.2, 0.25) is 0 Å². The zero-order valence-corrected chi connectivity index (χ0v) is 18.4. The summed E-state index contributed by atoms with van der Waals surface area (Å²) in [5.41, 5.74) is 0.204. The summed E-state index contributed by atoms with van der Waals surface area (Å²) in [6.07, 6.45) is -0.170.